The second-order valence-corrected chi connectivity index (χ2v) is 9.71. The van der Waals surface area contributed by atoms with Crippen molar-refractivity contribution in [2.75, 3.05) is 0 Å². The normalized spacial score (nSPS) is 56.2. The van der Waals surface area contributed by atoms with Gasteiger partial charge < -0.3 is 9.84 Å². The molecule has 2 unspecified atom stereocenters. The van der Waals surface area contributed by atoms with Crippen LogP contribution in [0.25, 0.3) is 0 Å². The molecule has 4 heteroatoms. The molecule has 5 rings (SSSR count). The smallest absolute Gasteiger partial charge is 0.164 e. The molecule has 136 valence electrons. The quantitative estimate of drug-likeness (QED) is 0.743. The van der Waals surface area contributed by atoms with Crippen molar-refractivity contribution in [1.82, 2.24) is 0 Å². The van der Waals surface area contributed by atoms with Crippen molar-refractivity contribution in [3.8, 4) is 0 Å². The van der Waals surface area contributed by atoms with Gasteiger partial charge >= 0.3 is 0 Å². The Bertz CT molecular complexity index is 711. The molecular weight excluding hydrogens is 316 g/mol. The zero-order valence-corrected chi connectivity index (χ0v) is 15.4. The van der Waals surface area contributed by atoms with E-state index < -0.39 is 11.7 Å². The van der Waals surface area contributed by atoms with E-state index in [-0.39, 0.29) is 34.4 Å². The number of hydrogen-bond donors (Lipinski definition) is 1. The lowest BCUT2D eigenvalue weighted by molar-refractivity contribution is -0.158. The Morgan fingerprint density at radius 3 is 2.80 bits per heavy atom. The number of Topliss-reactive ketones (excluding diaryl/α,β-unsaturated/α-hetero) is 1. The molecule has 4 aliphatic carbocycles. The molecule has 1 heterocycles. The molecule has 0 aromatic heterocycles. The standard InChI is InChI=1S/C21H28O4/c1-11(22)21-17(25-21)9-15-14-5-4-12-8-13(23)6-7-19(12,2)18(14)16(24)10-20(15,21)3/h8,14-18,24H,4-7,9-10H2,1-3H3/t14-,15-,16?,17?,18+,19-,20-,21+/m0/s1. The highest BCUT2D eigenvalue weighted by atomic mass is 16.6. The van der Waals surface area contributed by atoms with Crippen LogP contribution in [-0.2, 0) is 14.3 Å². The van der Waals surface area contributed by atoms with Crippen molar-refractivity contribution < 1.29 is 19.4 Å². The molecule has 1 aliphatic heterocycles. The molecule has 25 heavy (non-hydrogen) atoms. The zero-order chi connectivity index (χ0) is 17.8. The van der Waals surface area contributed by atoms with E-state index in [2.05, 4.69) is 13.8 Å². The number of carbonyl (C=O) groups excluding carboxylic acids is 2. The maximum Gasteiger partial charge on any atom is 0.164 e. The van der Waals surface area contributed by atoms with Gasteiger partial charge in [-0.1, -0.05) is 19.4 Å². The summed E-state index contributed by atoms with van der Waals surface area (Å²) >= 11 is 0. The molecule has 1 saturated heterocycles. The van der Waals surface area contributed by atoms with Crippen LogP contribution in [-0.4, -0.2) is 34.5 Å². The highest BCUT2D eigenvalue weighted by Gasteiger charge is 2.80. The van der Waals surface area contributed by atoms with Crippen molar-refractivity contribution in [2.24, 2.45) is 28.6 Å². The Morgan fingerprint density at radius 1 is 1.32 bits per heavy atom. The number of hydrogen-bond acceptors (Lipinski definition) is 4. The molecule has 4 nitrogen and oxygen atoms in total. The number of fused-ring (bicyclic) bond motifs is 7. The van der Waals surface area contributed by atoms with Gasteiger partial charge in [-0.25, -0.2) is 0 Å². The molecular formula is C21H28O4. The third-order valence-electron chi connectivity index (χ3n) is 8.85. The maximum atomic E-state index is 12.4. The van der Waals surface area contributed by atoms with Crippen LogP contribution in [0.3, 0.4) is 0 Å². The Labute approximate surface area is 149 Å². The number of allylic oxidation sites excluding steroid dienone is 1. The summed E-state index contributed by atoms with van der Waals surface area (Å²) in [7, 11) is 0. The lowest BCUT2D eigenvalue weighted by Crippen LogP contribution is -2.59. The minimum Gasteiger partial charge on any atom is -0.393 e. The molecule has 8 atom stereocenters. The Morgan fingerprint density at radius 2 is 2.08 bits per heavy atom. The first-order valence-electron chi connectivity index (χ1n) is 9.85. The number of rotatable bonds is 1. The Balaban J connectivity index is 1.56. The van der Waals surface area contributed by atoms with Gasteiger partial charge in [-0.3, -0.25) is 9.59 Å². The topological polar surface area (TPSA) is 66.9 Å². The van der Waals surface area contributed by atoms with E-state index in [4.69, 9.17) is 4.74 Å². The molecule has 0 aromatic carbocycles. The van der Waals surface area contributed by atoms with Gasteiger partial charge in [0.2, 0.25) is 0 Å². The number of carbonyl (C=O) groups is 2. The predicted molar refractivity (Wildman–Crippen MR) is 91.8 cm³/mol. The van der Waals surface area contributed by atoms with Crippen LogP contribution in [0.1, 0.15) is 59.3 Å². The van der Waals surface area contributed by atoms with E-state index in [0.717, 1.165) is 25.7 Å². The monoisotopic (exact) mass is 344 g/mol. The van der Waals surface area contributed by atoms with Gasteiger partial charge in [0.1, 0.15) is 0 Å². The number of epoxide rings is 1. The molecule has 4 fully saturated rings. The van der Waals surface area contributed by atoms with Crippen LogP contribution in [0.5, 0.6) is 0 Å². The summed E-state index contributed by atoms with van der Waals surface area (Å²) < 4.78 is 5.93. The lowest BCUT2D eigenvalue weighted by atomic mass is 9.45. The summed E-state index contributed by atoms with van der Waals surface area (Å²) in [5, 5.41) is 11.2. The van der Waals surface area contributed by atoms with Gasteiger partial charge in [-0.05, 0) is 68.3 Å². The van der Waals surface area contributed by atoms with Crippen LogP contribution in [0.4, 0.5) is 0 Å². The fraction of sp³-hybridized carbons (Fsp3) is 0.810. The maximum absolute atomic E-state index is 12.4. The second-order valence-electron chi connectivity index (χ2n) is 9.71. The summed E-state index contributed by atoms with van der Waals surface area (Å²) in [6.45, 7) is 6.10. The molecule has 3 saturated carbocycles. The van der Waals surface area contributed by atoms with Crippen molar-refractivity contribution >= 4 is 11.6 Å². The van der Waals surface area contributed by atoms with E-state index in [0.29, 0.717) is 24.7 Å². The number of ether oxygens (including phenoxy) is 1. The summed E-state index contributed by atoms with van der Waals surface area (Å²) in [5.41, 5.74) is 0.317. The van der Waals surface area contributed by atoms with Gasteiger partial charge in [0.05, 0.1) is 12.2 Å². The molecule has 5 aliphatic rings. The van der Waals surface area contributed by atoms with Crippen LogP contribution in [0.15, 0.2) is 11.6 Å². The van der Waals surface area contributed by atoms with Crippen LogP contribution < -0.4 is 0 Å². The van der Waals surface area contributed by atoms with Gasteiger partial charge in [0.15, 0.2) is 17.2 Å². The summed E-state index contributed by atoms with van der Waals surface area (Å²) in [6, 6.07) is 0. The van der Waals surface area contributed by atoms with Gasteiger partial charge in [-0.2, -0.15) is 0 Å². The van der Waals surface area contributed by atoms with Gasteiger partial charge in [0, 0.05) is 11.8 Å². The largest absolute Gasteiger partial charge is 0.393 e. The summed E-state index contributed by atoms with van der Waals surface area (Å²) in [5.74, 6) is 1.46. The highest BCUT2D eigenvalue weighted by Crippen LogP contribution is 2.73. The predicted octanol–water partition coefficient (Wildman–Crippen LogP) is 2.83. The van der Waals surface area contributed by atoms with Crippen molar-refractivity contribution in [1.29, 1.82) is 0 Å². The SMILES string of the molecule is CC(=O)[C@@]12OC1C[C@H]1[C@@H]3CCC4=CC(=O)CC[C@]4(C)[C@H]3C(O)C[C@@]12C. The zero-order valence-electron chi connectivity index (χ0n) is 15.4. The third kappa shape index (κ3) is 1.71. The molecule has 1 N–H and O–H groups in total. The lowest BCUT2D eigenvalue weighted by Gasteiger charge is -2.60. The van der Waals surface area contributed by atoms with E-state index >= 15 is 0 Å². The minimum absolute atomic E-state index is 0.0589. The van der Waals surface area contributed by atoms with Gasteiger partial charge in [0.25, 0.3) is 0 Å². The van der Waals surface area contributed by atoms with E-state index in [1.54, 1.807) is 6.92 Å². The highest BCUT2D eigenvalue weighted by molar-refractivity contribution is 5.92. The molecule has 0 radical (unpaired) electrons. The first-order chi connectivity index (χ1) is 11.7. The molecule has 0 bridgehead atoms. The first kappa shape index (κ1) is 16.2. The van der Waals surface area contributed by atoms with Crippen molar-refractivity contribution in [2.45, 2.75) is 77.1 Å². The number of ketones is 2. The average molecular weight is 344 g/mol. The van der Waals surface area contributed by atoms with Crippen LogP contribution in [0, 0.1) is 28.6 Å². The van der Waals surface area contributed by atoms with Gasteiger partial charge in [-0.15, -0.1) is 0 Å². The third-order valence-corrected chi connectivity index (χ3v) is 8.85. The van der Waals surface area contributed by atoms with E-state index in [1.165, 1.54) is 5.57 Å². The fourth-order valence-corrected chi connectivity index (χ4v) is 7.75. The Hall–Kier alpha value is -1.00. The van der Waals surface area contributed by atoms with E-state index in [1.807, 2.05) is 6.08 Å². The Kier molecular flexibility index (Phi) is 3.00. The summed E-state index contributed by atoms with van der Waals surface area (Å²) in [6.07, 6.45) is 6.54. The number of aliphatic hydroxyl groups is 1. The molecule has 0 amide bonds. The van der Waals surface area contributed by atoms with Crippen molar-refractivity contribution in [3.63, 3.8) is 0 Å². The fourth-order valence-electron chi connectivity index (χ4n) is 7.75. The summed E-state index contributed by atoms with van der Waals surface area (Å²) in [4.78, 5) is 24.3. The first-order valence-corrected chi connectivity index (χ1v) is 9.85. The van der Waals surface area contributed by atoms with Crippen LogP contribution in [0.2, 0.25) is 0 Å². The number of aliphatic hydroxyl groups excluding tert-OH is 1. The second kappa shape index (κ2) is 4.64. The molecule has 0 spiro atoms. The van der Waals surface area contributed by atoms with E-state index in [9.17, 15) is 14.7 Å². The van der Waals surface area contributed by atoms with Crippen molar-refractivity contribution in [3.05, 3.63) is 11.6 Å². The average Bonchev–Trinajstić information content (AvgIpc) is 3.22. The van der Waals surface area contributed by atoms with Crippen LogP contribution >= 0.6 is 0 Å². The molecule has 0 aromatic rings. The minimum atomic E-state index is -0.636.